The van der Waals surface area contributed by atoms with E-state index in [9.17, 15) is 8.42 Å². The summed E-state index contributed by atoms with van der Waals surface area (Å²) in [4.78, 5) is 9.04. The molecule has 0 aliphatic carbocycles. The predicted octanol–water partition coefficient (Wildman–Crippen LogP) is 3.32. The number of hydrogen-bond donors (Lipinski definition) is 0. The van der Waals surface area contributed by atoms with E-state index in [2.05, 4.69) is 15.1 Å². The lowest BCUT2D eigenvalue weighted by Crippen LogP contribution is -2.38. The number of hydrogen-bond acceptors (Lipinski definition) is 6. The molecule has 146 valence electrons. The van der Waals surface area contributed by atoms with Crippen LogP contribution in [0.5, 0.6) is 0 Å². The highest BCUT2D eigenvalue weighted by molar-refractivity contribution is 7.89. The van der Waals surface area contributed by atoms with Gasteiger partial charge in [-0.3, -0.25) is 4.98 Å². The maximum absolute atomic E-state index is 12.9. The fraction of sp³-hybridized carbons (Fsp3) is 0.350. The van der Waals surface area contributed by atoms with Crippen LogP contribution in [0.25, 0.3) is 11.5 Å². The van der Waals surface area contributed by atoms with Crippen LogP contribution in [0.1, 0.15) is 35.8 Å². The average molecular weight is 398 g/mol. The highest BCUT2D eigenvalue weighted by Gasteiger charge is 2.32. The number of sulfonamides is 1. The summed E-state index contributed by atoms with van der Waals surface area (Å²) in [5, 5.41) is 4.01. The van der Waals surface area contributed by atoms with Crippen LogP contribution in [0.15, 0.2) is 52.0 Å². The van der Waals surface area contributed by atoms with Gasteiger partial charge in [0, 0.05) is 25.2 Å². The number of piperidine rings is 1. The van der Waals surface area contributed by atoms with Gasteiger partial charge in [0.05, 0.1) is 4.90 Å². The zero-order chi connectivity index (χ0) is 19.7. The maximum atomic E-state index is 12.9. The van der Waals surface area contributed by atoms with Crippen LogP contribution in [0.4, 0.5) is 0 Å². The van der Waals surface area contributed by atoms with Crippen molar-refractivity contribution in [3.05, 3.63) is 59.6 Å². The smallest absolute Gasteiger partial charge is 0.243 e. The van der Waals surface area contributed by atoms with E-state index in [4.69, 9.17) is 4.52 Å². The molecule has 0 unspecified atom stereocenters. The van der Waals surface area contributed by atoms with Gasteiger partial charge in [0.15, 0.2) is 0 Å². The third-order valence-corrected chi connectivity index (χ3v) is 7.15. The Morgan fingerprint density at radius 1 is 1.07 bits per heavy atom. The Morgan fingerprint density at radius 3 is 2.54 bits per heavy atom. The molecule has 0 radical (unpaired) electrons. The molecular formula is C20H22N4O3S. The van der Waals surface area contributed by atoms with E-state index in [0.29, 0.717) is 48.2 Å². The highest BCUT2D eigenvalue weighted by Crippen LogP contribution is 2.31. The van der Waals surface area contributed by atoms with Gasteiger partial charge in [0.2, 0.25) is 21.7 Å². The zero-order valence-electron chi connectivity index (χ0n) is 15.9. The van der Waals surface area contributed by atoms with Crippen LogP contribution >= 0.6 is 0 Å². The molecule has 4 rings (SSSR count). The summed E-state index contributed by atoms with van der Waals surface area (Å²) in [5.41, 5.74) is 2.72. The van der Waals surface area contributed by atoms with Gasteiger partial charge in [-0.25, -0.2) is 8.42 Å². The molecule has 3 aromatic rings. The number of benzene rings is 1. The molecule has 0 atom stereocenters. The standard InChI is InChI=1S/C20H22N4O3S/c1-14-6-7-17(13-15(14)2)28(25,26)24-11-8-16(9-12-24)20-22-19(23-27-20)18-5-3-4-10-21-18/h3-7,10,13,16H,8-9,11-12H2,1-2H3. The van der Waals surface area contributed by atoms with Crippen molar-refractivity contribution in [2.45, 2.75) is 37.5 Å². The third-order valence-electron chi connectivity index (χ3n) is 5.26. The molecule has 0 spiro atoms. The van der Waals surface area contributed by atoms with Crippen molar-refractivity contribution >= 4 is 10.0 Å². The molecule has 8 heteroatoms. The molecule has 7 nitrogen and oxygen atoms in total. The van der Waals surface area contributed by atoms with Crippen LogP contribution in [-0.4, -0.2) is 40.9 Å². The van der Waals surface area contributed by atoms with Gasteiger partial charge in [0.1, 0.15) is 5.69 Å². The van der Waals surface area contributed by atoms with Gasteiger partial charge in [-0.2, -0.15) is 9.29 Å². The molecule has 28 heavy (non-hydrogen) atoms. The highest BCUT2D eigenvalue weighted by atomic mass is 32.2. The lowest BCUT2D eigenvalue weighted by Gasteiger charge is -2.29. The van der Waals surface area contributed by atoms with Crippen molar-refractivity contribution in [1.29, 1.82) is 0 Å². The first kappa shape index (κ1) is 18.8. The minimum absolute atomic E-state index is 0.0520. The summed E-state index contributed by atoms with van der Waals surface area (Å²) >= 11 is 0. The zero-order valence-corrected chi connectivity index (χ0v) is 16.7. The van der Waals surface area contributed by atoms with E-state index in [1.807, 2.05) is 38.1 Å². The van der Waals surface area contributed by atoms with E-state index < -0.39 is 10.0 Å². The molecule has 1 aromatic carbocycles. The van der Waals surface area contributed by atoms with Gasteiger partial charge in [-0.05, 0) is 62.1 Å². The minimum atomic E-state index is -3.49. The second kappa shape index (κ2) is 7.44. The second-order valence-electron chi connectivity index (χ2n) is 7.10. The molecule has 1 aliphatic heterocycles. The van der Waals surface area contributed by atoms with Gasteiger partial charge in [-0.1, -0.05) is 17.3 Å². The topological polar surface area (TPSA) is 89.2 Å². The van der Waals surface area contributed by atoms with Gasteiger partial charge >= 0.3 is 0 Å². The number of aromatic nitrogens is 3. The van der Waals surface area contributed by atoms with E-state index >= 15 is 0 Å². The number of pyridine rings is 1. The first-order valence-corrected chi connectivity index (χ1v) is 10.7. The van der Waals surface area contributed by atoms with Crippen molar-refractivity contribution in [2.24, 2.45) is 0 Å². The molecular weight excluding hydrogens is 376 g/mol. The fourth-order valence-corrected chi connectivity index (χ4v) is 4.92. The molecule has 0 saturated carbocycles. The molecule has 0 bridgehead atoms. The van der Waals surface area contributed by atoms with E-state index in [-0.39, 0.29) is 5.92 Å². The molecule has 0 N–H and O–H groups in total. The quantitative estimate of drug-likeness (QED) is 0.670. The van der Waals surface area contributed by atoms with E-state index in [1.54, 1.807) is 22.6 Å². The van der Waals surface area contributed by atoms with Crippen molar-refractivity contribution in [3.63, 3.8) is 0 Å². The number of nitrogens with zero attached hydrogens (tertiary/aromatic N) is 4. The van der Waals surface area contributed by atoms with Crippen molar-refractivity contribution in [2.75, 3.05) is 13.1 Å². The Balaban J connectivity index is 1.46. The summed E-state index contributed by atoms with van der Waals surface area (Å²) in [6.45, 7) is 4.76. The number of rotatable bonds is 4. The summed E-state index contributed by atoms with van der Waals surface area (Å²) in [6.07, 6.45) is 2.98. The minimum Gasteiger partial charge on any atom is -0.339 e. The lowest BCUT2D eigenvalue weighted by molar-refractivity contribution is 0.270. The molecule has 1 aliphatic rings. The van der Waals surface area contributed by atoms with Crippen molar-refractivity contribution in [1.82, 2.24) is 19.4 Å². The van der Waals surface area contributed by atoms with E-state index in [1.165, 1.54) is 0 Å². The van der Waals surface area contributed by atoms with Crippen molar-refractivity contribution < 1.29 is 12.9 Å². The van der Waals surface area contributed by atoms with Crippen LogP contribution in [0.2, 0.25) is 0 Å². The SMILES string of the molecule is Cc1ccc(S(=O)(=O)N2CCC(c3nc(-c4ccccn4)no3)CC2)cc1C. The molecule has 3 heterocycles. The van der Waals surface area contributed by atoms with Crippen LogP contribution < -0.4 is 0 Å². The van der Waals surface area contributed by atoms with Crippen LogP contribution in [0.3, 0.4) is 0 Å². The number of aryl methyl sites for hydroxylation is 2. The van der Waals surface area contributed by atoms with Crippen LogP contribution in [-0.2, 0) is 10.0 Å². The first-order valence-electron chi connectivity index (χ1n) is 9.27. The monoisotopic (exact) mass is 398 g/mol. The Kier molecular flexibility index (Phi) is 4.99. The summed E-state index contributed by atoms with van der Waals surface area (Å²) < 4.78 is 32.9. The summed E-state index contributed by atoms with van der Waals surface area (Å²) in [5.74, 6) is 1.06. The van der Waals surface area contributed by atoms with Gasteiger partial charge < -0.3 is 4.52 Å². The Morgan fingerprint density at radius 2 is 1.86 bits per heavy atom. The largest absolute Gasteiger partial charge is 0.339 e. The fourth-order valence-electron chi connectivity index (χ4n) is 3.37. The third kappa shape index (κ3) is 3.57. The van der Waals surface area contributed by atoms with E-state index in [0.717, 1.165) is 11.1 Å². The van der Waals surface area contributed by atoms with Crippen molar-refractivity contribution in [3.8, 4) is 11.5 Å². The molecule has 0 amide bonds. The van der Waals surface area contributed by atoms with Gasteiger partial charge in [-0.15, -0.1) is 0 Å². The maximum Gasteiger partial charge on any atom is 0.243 e. The predicted molar refractivity (Wildman–Crippen MR) is 104 cm³/mol. The summed E-state index contributed by atoms with van der Waals surface area (Å²) in [7, 11) is -3.49. The summed E-state index contributed by atoms with van der Waals surface area (Å²) in [6, 6.07) is 10.8. The average Bonchev–Trinajstić information content (AvgIpc) is 3.21. The molecule has 2 aromatic heterocycles. The van der Waals surface area contributed by atoms with Crippen LogP contribution in [0, 0.1) is 13.8 Å². The molecule has 1 saturated heterocycles. The first-order chi connectivity index (χ1) is 13.4. The lowest BCUT2D eigenvalue weighted by atomic mass is 9.98. The second-order valence-corrected chi connectivity index (χ2v) is 9.03. The Labute approximate surface area is 164 Å². The normalized spacial score (nSPS) is 16.4. The Hall–Kier alpha value is -2.58. The Bertz CT molecular complexity index is 1070. The van der Waals surface area contributed by atoms with Gasteiger partial charge in [0.25, 0.3) is 0 Å². The molecule has 1 fully saturated rings.